The van der Waals surface area contributed by atoms with E-state index in [1.165, 1.54) is 0 Å². The van der Waals surface area contributed by atoms with Crippen LogP contribution in [0.25, 0.3) is 0 Å². The van der Waals surface area contributed by atoms with Crippen LogP contribution in [0.1, 0.15) is 19.7 Å². The zero-order valence-electron chi connectivity index (χ0n) is 10.2. The molecular formula is C11H21N3O2. The molecule has 1 aromatic rings. The summed E-state index contributed by atoms with van der Waals surface area (Å²) in [6.45, 7) is 6.43. The third-order valence-electron chi connectivity index (χ3n) is 2.49. The highest BCUT2D eigenvalue weighted by Gasteiger charge is 2.27. The average Bonchev–Trinajstić information content (AvgIpc) is 2.73. The number of ether oxygens (including phenoxy) is 1. The fourth-order valence-corrected chi connectivity index (χ4v) is 1.62. The van der Waals surface area contributed by atoms with Crippen LogP contribution in [0.5, 0.6) is 0 Å². The Labute approximate surface area is 96.4 Å². The smallest absolute Gasteiger partial charge is 0.141 e. The zero-order chi connectivity index (χ0) is 12.0. The van der Waals surface area contributed by atoms with Crippen molar-refractivity contribution in [3.63, 3.8) is 0 Å². The van der Waals surface area contributed by atoms with Crippen LogP contribution in [0, 0.1) is 0 Å². The lowest BCUT2D eigenvalue weighted by molar-refractivity contribution is 0.0425. The molecule has 0 aliphatic heterocycles. The molecule has 1 rings (SSSR count). The average molecular weight is 227 g/mol. The van der Waals surface area contributed by atoms with Crippen LogP contribution in [0.2, 0.25) is 0 Å². The van der Waals surface area contributed by atoms with Crippen LogP contribution >= 0.6 is 0 Å². The lowest BCUT2D eigenvalue weighted by atomic mass is 10.1. The Morgan fingerprint density at radius 1 is 1.62 bits per heavy atom. The van der Waals surface area contributed by atoms with Gasteiger partial charge in [0.05, 0.1) is 6.61 Å². The third-order valence-corrected chi connectivity index (χ3v) is 2.49. The van der Waals surface area contributed by atoms with E-state index >= 15 is 0 Å². The minimum atomic E-state index is -0.951. The lowest BCUT2D eigenvalue weighted by Crippen LogP contribution is -2.39. The zero-order valence-corrected chi connectivity index (χ0v) is 10.2. The van der Waals surface area contributed by atoms with Gasteiger partial charge in [-0.25, -0.2) is 4.98 Å². The van der Waals surface area contributed by atoms with Crippen LogP contribution < -0.4 is 5.32 Å². The largest absolute Gasteiger partial charge is 0.383 e. The Bertz CT molecular complexity index is 310. The van der Waals surface area contributed by atoms with Crippen molar-refractivity contribution in [2.24, 2.45) is 0 Å². The molecule has 16 heavy (non-hydrogen) atoms. The number of nitrogens with one attached hydrogen (secondary N) is 1. The number of aryl methyl sites for hydroxylation is 1. The van der Waals surface area contributed by atoms with E-state index in [1.807, 2.05) is 17.7 Å². The Hall–Kier alpha value is -0.910. The van der Waals surface area contributed by atoms with Crippen LogP contribution in [-0.2, 0) is 16.9 Å². The van der Waals surface area contributed by atoms with E-state index in [9.17, 15) is 5.11 Å². The molecule has 0 saturated carbocycles. The summed E-state index contributed by atoms with van der Waals surface area (Å²) in [5.74, 6) is 0.694. The van der Waals surface area contributed by atoms with Crippen molar-refractivity contribution in [2.75, 3.05) is 26.8 Å². The maximum Gasteiger partial charge on any atom is 0.141 e. The van der Waals surface area contributed by atoms with Gasteiger partial charge < -0.3 is 19.7 Å². The van der Waals surface area contributed by atoms with Crippen molar-refractivity contribution in [3.8, 4) is 0 Å². The maximum absolute atomic E-state index is 10.3. The van der Waals surface area contributed by atoms with Gasteiger partial charge in [-0.05, 0) is 13.8 Å². The minimum absolute atomic E-state index is 0.466. The van der Waals surface area contributed by atoms with Crippen molar-refractivity contribution in [1.82, 2.24) is 14.9 Å². The molecule has 2 N–H and O–H groups in total. The maximum atomic E-state index is 10.3. The number of rotatable bonds is 7. The normalized spacial score (nSPS) is 15.0. The molecular weight excluding hydrogens is 206 g/mol. The minimum Gasteiger partial charge on any atom is -0.383 e. The highest BCUT2D eigenvalue weighted by molar-refractivity contribution is 5.04. The topological polar surface area (TPSA) is 59.3 Å². The van der Waals surface area contributed by atoms with E-state index in [0.29, 0.717) is 19.0 Å². The SMILES string of the molecule is CCn1ccnc1C(C)(O)CNCCOC. The van der Waals surface area contributed by atoms with Gasteiger partial charge in [-0.2, -0.15) is 0 Å². The van der Waals surface area contributed by atoms with Crippen LogP contribution in [0.4, 0.5) is 0 Å². The first-order valence-corrected chi connectivity index (χ1v) is 5.55. The van der Waals surface area contributed by atoms with Gasteiger partial charge in [-0.1, -0.05) is 0 Å². The number of aliphatic hydroxyl groups is 1. The van der Waals surface area contributed by atoms with Crippen LogP contribution in [0.15, 0.2) is 12.4 Å². The molecule has 0 bridgehead atoms. The van der Waals surface area contributed by atoms with E-state index in [-0.39, 0.29) is 0 Å². The number of hydrogen-bond donors (Lipinski definition) is 2. The number of imidazole rings is 1. The van der Waals surface area contributed by atoms with Gasteiger partial charge in [0.1, 0.15) is 11.4 Å². The standard InChI is InChI=1S/C11H21N3O2/c1-4-14-7-5-13-10(14)11(2,15)9-12-6-8-16-3/h5,7,12,15H,4,6,8-9H2,1-3H3. The first-order chi connectivity index (χ1) is 7.61. The van der Waals surface area contributed by atoms with Gasteiger partial charge >= 0.3 is 0 Å². The Kier molecular flexibility index (Phi) is 4.92. The first-order valence-electron chi connectivity index (χ1n) is 5.55. The third kappa shape index (κ3) is 3.30. The highest BCUT2D eigenvalue weighted by Crippen LogP contribution is 2.17. The van der Waals surface area contributed by atoms with E-state index in [1.54, 1.807) is 20.2 Å². The van der Waals surface area contributed by atoms with Gasteiger partial charge in [0.2, 0.25) is 0 Å². The van der Waals surface area contributed by atoms with Crippen molar-refractivity contribution in [2.45, 2.75) is 26.0 Å². The fourth-order valence-electron chi connectivity index (χ4n) is 1.62. The van der Waals surface area contributed by atoms with Gasteiger partial charge in [-0.15, -0.1) is 0 Å². The van der Waals surface area contributed by atoms with Gasteiger partial charge in [0, 0.05) is 39.1 Å². The van der Waals surface area contributed by atoms with Crippen LogP contribution in [-0.4, -0.2) is 41.5 Å². The molecule has 0 amide bonds. The molecule has 1 heterocycles. The van der Waals surface area contributed by atoms with E-state index < -0.39 is 5.60 Å². The number of hydrogen-bond acceptors (Lipinski definition) is 4. The van der Waals surface area contributed by atoms with E-state index in [4.69, 9.17) is 4.74 Å². The molecule has 0 spiro atoms. The molecule has 5 heteroatoms. The summed E-state index contributed by atoms with van der Waals surface area (Å²) in [7, 11) is 1.66. The molecule has 1 atom stereocenters. The summed E-state index contributed by atoms with van der Waals surface area (Å²) in [4.78, 5) is 4.20. The Morgan fingerprint density at radius 3 is 3.00 bits per heavy atom. The summed E-state index contributed by atoms with van der Waals surface area (Å²) in [5, 5.41) is 13.4. The van der Waals surface area contributed by atoms with Gasteiger partial charge in [-0.3, -0.25) is 0 Å². The predicted octanol–water partition coefficient (Wildman–Crippen LogP) is 0.346. The summed E-state index contributed by atoms with van der Waals surface area (Å²) < 4.78 is 6.87. The highest BCUT2D eigenvalue weighted by atomic mass is 16.5. The Balaban J connectivity index is 2.55. The van der Waals surface area contributed by atoms with Crippen molar-refractivity contribution >= 4 is 0 Å². The number of methoxy groups -OCH3 is 1. The summed E-state index contributed by atoms with van der Waals surface area (Å²) >= 11 is 0. The molecule has 0 aliphatic rings. The van der Waals surface area contributed by atoms with Crippen LogP contribution in [0.3, 0.4) is 0 Å². The second-order valence-electron chi connectivity index (χ2n) is 3.98. The molecule has 92 valence electrons. The summed E-state index contributed by atoms with van der Waals surface area (Å²) in [5.41, 5.74) is -0.951. The molecule has 0 aromatic carbocycles. The molecule has 0 radical (unpaired) electrons. The van der Waals surface area contributed by atoms with E-state index in [2.05, 4.69) is 10.3 Å². The number of aromatic nitrogens is 2. The second kappa shape index (κ2) is 5.98. The summed E-state index contributed by atoms with van der Waals surface area (Å²) in [6.07, 6.45) is 3.58. The fraction of sp³-hybridized carbons (Fsp3) is 0.727. The monoisotopic (exact) mass is 227 g/mol. The number of nitrogens with zero attached hydrogens (tertiary/aromatic N) is 2. The Morgan fingerprint density at radius 2 is 2.38 bits per heavy atom. The van der Waals surface area contributed by atoms with Gasteiger partial charge in [0.25, 0.3) is 0 Å². The summed E-state index contributed by atoms with van der Waals surface area (Å²) in [6, 6.07) is 0. The van der Waals surface area contributed by atoms with Crippen molar-refractivity contribution in [1.29, 1.82) is 0 Å². The second-order valence-corrected chi connectivity index (χ2v) is 3.98. The molecule has 1 aromatic heterocycles. The molecule has 0 saturated heterocycles. The lowest BCUT2D eigenvalue weighted by Gasteiger charge is -2.24. The van der Waals surface area contributed by atoms with Crippen molar-refractivity contribution in [3.05, 3.63) is 18.2 Å². The van der Waals surface area contributed by atoms with E-state index in [0.717, 1.165) is 13.1 Å². The predicted molar refractivity (Wildman–Crippen MR) is 62.2 cm³/mol. The molecule has 5 nitrogen and oxygen atoms in total. The van der Waals surface area contributed by atoms with Crippen molar-refractivity contribution < 1.29 is 9.84 Å². The molecule has 1 unspecified atom stereocenters. The first kappa shape index (κ1) is 13.2. The quantitative estimate of drug-likeness (QED) is 0.660. The molecule has 0 fully saturated rings. The molecule has 0 aliphatic carbocycles. The van der Waals surface area contributed by atoms with Gasteiger partial charge in [0.15, 0.2) is 0 Å².